The van der Waals surface area contributed by atoms with E-state index in [1.54, 1.807) is 0 Å². The minimum Gasteiger partial charge on any atom is -0.316 e. The number of thioether (sulfide) groups is 1. The van der Waals surface area contributed by atoms with E-state index >= 15 is 0 Å². The van der Waals surface area contributed by atoms with Gasteiger partial charge in [0.1, 0.15) is 0 Å². The highest BCUT2D eigenvalue weighted by Crippen LogP contribution is 2.29. The Bertz CT molecular complexity index is 125. The summed E-state index contributed by atoms with van der Waals surface area (Å²) in [6.07, 6.45) is 1.01. The van der Waals surface area contributed by atoms with Crippen LogP contribution in [0.25, 0.3) is 0 Å². The van der Waals surface area contributed by atoms with Gasteiger partial charge in [-0.1, -0.05) is 13.8 Å². The molecule has 0 fully saturated rings. The van der Waals surface area contributed by atoms with Crippen LogP contribution in [0.2, 0.25) is 0 Å². The molecule has 0 saturated heterocycles. The zero-order chi connectivity index (χ0) is 10.3. The molecule has 0 amide bonds. The van der Waals surface area contributed by atoms with Gasteiger partial charge in [0.25, 0.3) is 0 Å². The Morgan fingerprint density at radius 2 is 1.85 bits per heavy atom. The summed E-state index contributed by atoms with van der Waals surface area (Å²) in [5.74, 6) is 0.699. The molecule has 0 rings (SSSR count). The van der Waals surface area contributed by atoms with Crippen LogP contribution in [0.4, 0.5) is 13.2 Å². The Balaban J connectivity index is 3.09. The highest BCUT2D eigenvalue weighted by molar-refractivity contribution is 8.00. The monoisotopic (exact) mass is 215 g/mol. The molecule has 0 bridgehead atoms. The summed E-state index contributed by atoms with van der Waals surface area (Å²) < 4.78 is 34.9. The predicted molar refractivity (Wildman–Crippen MR) is 50.8 cm³/mol. The molecule has 0 aromatic rings. The van der Waals surface area contributed by atoms with Gasteiger partial charge >= 0.3 is 5.51 Å². The maximum absolute atomic E-state index is 11.6. The van der Waals surface area contributed by atoms with E-state index in [1.165, 1.54) is 0 Å². The van der Waals surface area contributed by atoms with Gasteiger partial charge < -0.3 is 5.32 Å². The second-order valence-electron chi connectivity index (χ2n) is 3.23. The molecule has 0 saturated carbocycles. The van der Waals surface area contributed by atoms with Crippen LogP contribution in [0.15, 0.2) is 0 Å². The van der Waals surface area contributed by atoms with Crippen LogP contribution in [-0.2, 0) is 0 Å². The zero-order valence-electron chi connectivity index (χ0n) is 7.95. The fraction of sp³-hybridized carbons (Fsp3) is 1.00. The van der Waals surface area contributed by atoms with Crippen LogP contribution < -0.4 is 5.32 Å². The first-order valence-corrected chi connectivity index (χ1v) is 5.32. The minimum absolute atomic E-state index is 0.0299. The Morgan fingerprint density at radius 3 is 2.31 bits per heavy atom. The van der Waals surface area contributed by atoms with Gasteiger partial charge in [-0.2, -0.15) is 13.2 Å². The van der Waals surface area contributed by atoms with Crippen molar-refractivity contribution in [3.63, 3.8) is 0 Å². The SMILES string of the molecule is CC(C)CCNCCSC(F)(F)F. The van der Waals surface area contributed by atoms with Crippen LogP contribution in [-0.4, -0.2) is 24.4 Å². The first-order valence-electron chi connectivity index (χ1n) is 4.33. The van der Waals surface area contributed by atoms with Gasteiger partial charge in [-0.25, -0.2) is 0 Å². The van der Waals surface area contributed by atoms with E-state index in [9.17, 15) is 13.2 Å². The molecule has 13 heavy (non-hydrogen) atoms. The summed E-state index contributed by atoms with van der Waals surface area (Å²) in [6.45, 7) is 5.41. The molecule has 5 heteroatoms. The van der Waals surface area contributed by atoms with Gasteiger partial charge in [-0.05, 0) is 30.6 Å². The van der Waals surface area contributed by atoms with Crippen LogP contribution in [0, 0.1) is 5.92 Å². The van der Waals surface area contributed by atoms with E-state index in [0.29, 0.717) is 12.5 Å². The quantitative estimate of drug-likeness (QED) is 0.684. The van der Waals surface area contributed by atoms with E-state index in [1.807, 2.05) is 0 Å². The molecule has 0 aromatic heterocycles. The van der Waals surface area contributed by atoms with Crippen molar-refractivity contribution in [3.05, 3.63) is 0 Å². The first kappa shape index (κ1) is 13.1. The molecule has 0 heterocycles. The smallest absolute Gasteiger partial charge is 0.316 e. The summed E-state index contributed by atoms with van der Waals surface area (Å²) in [7, 11) is 0. The molecular weight excluding hydrogens is 199 g/mol. The molecule has 0 aromatic carbocycles. The number of rotatable bonds is 6. The Labute approximate surface area is 81.5 Å². The third-order valence-corrected chi connectivity index (χ3v) is 2.18. The largest absolute Gasteiger partial charge is 0.441 e. The topological polar surface area (TPSA) is 12.0 Å². The van der Waals surface area contributed by atoms with Crippen molar-refractivity contribution in [2.45, 2.75) is 25.8 Å². The lowest BCUT2D eigenvalue weighted by atomic mass is 10.1. The molecular formula is C8H16F3NS. The van der Waals surface area contributed by atoms with Crippen molar-refractivity contribution >= 4 is 11.8 Å². The van der Waals surface area contributed by atoms with Crippen LogP contribution in [0.5, 0.6) is 0 Å². The number of halogens is 3. The maximum Gasteiger partial charge on any atom is 0.441 e. The number of hydrogen-bond donors (Lipinski definition) is 1. The Hall–Kier alpha value is 0.100. The summed E-state index contributed by atoms with van der Waals surface area (Å²) in [5.41, 5.74) is -4.08. The lowest BCUT2D eigenvalue weighted by molar-refractivity contribution is -0.0327. The summed E-state index contributed by atoms with van der Waals surface area (Å²) in [6, 6.07) is 0. The average molecular weight is 215 g/mol. The van der Waals surface area contributed by atoms with E-state index in [0.717, 1.165) is 13.0 Å². The van der Waals surface area contributed by atoms with Gasteiger partial charge in [0, 0.05) is 12.3 Å². The standard InChI is InChI=1S/C8H16F3NS/c1-7(2)3-4-12-5-6-13-8(9,10)11/h7,12H,3-6H2,1-2H3. The molecule has 0 atom stereocenters. The van der Waals surface area contributed by atoms with Crippen molar-refractivity contribution in [1.29, 1.82) is 0 Å². The van der Waals surface area contributed by atoms with Gasteiger partial charge in [-0.3, -0.25) is 0 Å². The van der Waals surface area contributed by atoms with Crippen molar-refractivity contribution in [1.82, 2.24) is 5.32 Å². The fourth-order valence-corrected chi connectivity index (χ4v) is 1.23. The van der Waals surface area contributed by atoms with Crippen LogP contribution in [0.3, 0.4) is 0 Å². The van der Waals surface area contributed by atoms with E-state index < -0.39 is 5.51 Å². The molecule has 0 aliphatic heterocycles. The van der Waals surface area contributed by atoms with Gasteiger partial charge in [-0.15, -0.1) is 0 Å². The Kier molecular flexibility index (Phi) is 6.59. The van der Waals surface area contributed by atoms with Crippen molar-refractivity contribution < 1.29 is 13.2 Å². The zero-order valence-corrected chi connectivity index (χ0v) is 8.76. The van der Waals surface area contributed by atoms with Crippen molar-refractivity contribution in [3.8, 4) is 0 Å². The lowest BCUT2D eigenvalue weighted by Gasteiger charge is -2.07. The number of alkyl halides is 3. The fourth-order valence-electron chi connectivity index (χ4n) is 0.755. The second-order valence-corrected chi connectivity index (χ2v) is 4.39. The summed E-state index contributed by atoms with van der Waals surface area (Å²) in [4.78, 5) is 0. The summed E-state index contributed by atoms with van der Waals surface area (Å²) in [5, 5.41) is 2.97. The van der Waals surface area contributed by atoms with Crippen molar-refractivity contribution in [2.75, 3.05) is 18.8 Å². The Morgan fingerprint density at radius 1 is 1.23 bits per heavy atom. The van der Waals surface area contributed by atoms with E-state index in [4.69, 9.17) is 0 Å². The molecule has 0 aliphatic carbocycles. The third kappa shape index (κ3) is 12.1. The lowest BCUT2D eigenvalue weighted by Crippen LogP contribution is -2.21. The number of nitrogens with one attached hydrogen (secondary N) is 1. The van der Waals surface area contributed by atoms with E-state index in [-0.39, 0.29) is 17.5 Å². The maximum atomic E-state index is 11.6. The molecule has 0 spiro atoms. The highest BCUT2D eigenvalue weighted by atomic mass is 32.2. The first-order chi connectivity index (χ1) is 5.92. The molecule has 0 radical (unpaired) electrons. The van der Waals surface area contributed by atoms with Crippen LogP contribution >= 0.6 is 11.8 Å². The van der Waals surface area contributed by atoms with Gasteiger partial charge in [0.2, 0.25) is 0 Å². The predicted octanol–water partition coefficient (Wildman–Crippen LogP) is 2.88. The molecule has 0 unspecified atom stereocenters. The normalized spacial score (nSPS) is 12.5. The molecule has 1 nitrogen and oxygen atoms in total. The average Bonchev–Trinajstić information content (AvgIpc) is 1.93. The summed E-state index contributed by atoms with van der Waals surface area (Å²) >= 11 is 0.0299. The molecule has 80 valence electrons. The van der Waals surface area contributed by atoms with Gasteiger partial charge in [0.05, 0.1) is 0 Å². The van der Waals surface area contributed by atoms with Gasteiger partial charge in [0.15, 0.2) is 0 Å². The van der Waals surface area contributed by atoms with Crippen LogP contribution in [0.1, 0.15) is 20.3 Å². The molecule has 1 N–H and O–H groups in total. The van der Waals surface area contributed by atoms with E-state index in [2.05, 4.69) is 19.2 Å². The molecule has 0 aliphatic rings. The minimum atomic E-state index is -4.08. The highest BCUT2D eigenvalue weighted by Gasteiger charge is 2.27. The second kappa shape index (κ2) is 6.54. The third-order valence-electron chi connectivity index (χ3n) is 1.44. The number of hydrogen-bond acceptors (Lipinski definition) is 2. The van der Waals surface area contributed by atoms with Crippen molar-refractivity contribution in [2.24, 2.45) is 5.92 Å².